The maximum atomic E-state index is 12.2. The highest BCUT2D eigenvalue weighted by Gasteiger charge is 2.20. The first-order valence-corrected chi connectivity index (χ1v) is 9.66. The van der Waals surface area contributed by atoms with Crippen LogP contribution >= 0.6 is 23.2 Å². The summed E-state index contributed by atoms with van der Waals surface area (Å²) in [7, 11) is 2.89. The lowest BCUT2D eigenvalue weighted by atomic mass is 10.0. The number of carbonyl (C=O) groups excluding carboxylic acids is 3. The van der Waals surface area contributed by atoms with Crippen molar-refractivity contribution in [1.82, 2.24) is 10.6 Å². The number of benzene rings is 1. The molecule has 0 saturated heterocycles. The number of nitrogens with one attached hydrogen (secondary N) is 2. The Morgan fingerprint density at radius 2 is 1.74 bits per heavy atom. The molecule has 10 heteroatoms. The zero-order chi connectivity index (χ0) is 23.9. The highest BCUT2D eigenvalue weighted by molar-refractivity contribution is 6.37. The fourth-order valence-electron chi connectivity index (χ4n) is 2.23. The van der Waals surface area contributed by atoms with Gasteiger partial charge in [-0.25, -0.2) is 4.79 Å². The van der Waals surface area contributed by atoms with Crippen LogP contribution in [-0.2, 0) is 9.59 Å². The van der Waals surface area contributed by atoms with Crippen LogP contribution in [0.1, 0.15) is 13.8 Å². The van der Waals surface area contributed by atoms with Crippen molar-refractivity contribution in [2.75, 3.05) is 19.0 Å². The zero-order valence-electron chi connectivity index (χ0n) is 17.5. The van der Waals surface area contributed by atoms with Crippen molar-refractivity contribution in [1.29, 1.82) is 5.26 Å². The molecule has 0 spiro atoms. The molecule has 0 radical (unpaired) electrons. The van der Waals surface area contributed by atoms with Gasteiger partial charge < -0.3 is 10.1 Å². The van der Waals surface area contributed by atoms with Crippen molar-refractivity contribution in [3.05, 3.63) is 58.3 Å². The molecule has 0 aromatic heterocycles. The van der Waals surface area contributed by atoms with E-state index in [0.717, 1.165) is 4.90 Å². The van der Waals surface area contributed by atoms with Gasteiger partial charge in [-0.3, -0.25) is 19.8 Å². The molecule has 0 atom stereocenters. The summed E-state index contributed by atoms with van der Waals surface area (Å²) in [5, 5.41) is 13.3. The van der Waals surface area contributed by atoms with Gasteiger partial charge in [0, 0.05) is 25.4 Å². The normalized spacial score (nSPS) is 10.7. The van der Waals surface area contributed by atoms with E-state index >= 15 is 0 Å². The van der Waals surface area contributed by atoms with Gasteiger partial charge in [0.2, 0.25) is 5.91 Å². The Bertz CT molecular complexity index is 986. The molecule has 0 fully saturated rings. The molecule has 31 heavy (non-hydrogen) atoms. The smallest absolute Gasteiger partial charge is 0.328 e. The number of amides is 4. The second kappa shape index (κ2) is 11.2. The lowest BCUT2D eigenvalue weighted by Gasteiger charge is -2.19. The van der Waals surface area contributed by atoms with E-state index in [1.54, 1.807) is 6.07 Å². The van der Waals surface area contributed by atoms with Gasteiger partial charge in [0.15, 0.2) is 5.75 Å². The van der Waals surface area contributed by atoms with E-state index in [1.165, 1.54) is 32.3 Å². The largest absolute Gasteiger partial charge is 0.455 e. The molecule has 1 aromatic rings. The number of ether oxygens (including phenoxy) is 1. The van der Waals surface area contributed by atoms with Gasteiger partial charge in [-0.05, 0) is 24.1 Å². The first kappa shape index (κ1) is 25.8. The molecule has 2 N–H and O–H groups in total. The number of allylic oxidation sites excluding steroid dienone is 1. The molecule has 1 aromatic carbocycles. The van der Waals surface area contributed by atoms with Gasteiger partial charge in [0.05, 0.1) is 10.0 Å². The molecule has 8 nitrogen and oxygen atoms in total. The number of halogens is 2. The third-order valence-electron chi connectivity index (χ3n) is 3.97. The lowest BCUT2D eigenvalue weighted by molar-refractivity contribution is -0.117. The Hall–Kier alpha value is -3.28. The van der Waals surface area contributed by atoms with E-state index in [2.05, 4.69) is 18.5 Å². The highest BCUT2D eigenvalue weighted by atomic mass is 35.5. The Kier molecular flexibility index (Phi) is 9.31. The summed E-state index contributed by atoms with van der Waals surface area (Å²) in [5.74, 6) is -1.06. The Morgan fingerprint density at radius 3 is 2.19 bits per heavy atom. The molecule has 4 amide bonds. The first-order chi connectivity index (χ1) is 14.4. The number of imide groups is 1. The van der Waals surface area contributed by atoms with Crippen molar-refractivity contribution < 1.29 is 19.1 Å². The number of carbonyl (C=O) groups is 3. The van der Waals surface area contributed by atoms with E-state index in [0.29, 0.717) is 5.57 Å². The SMILES string of the molecule is C=C(/C=C(\C(=O)NC)C(C)C)Oc1c(Cl)cc(N(C)C(=O)NC(=O)C(=C)C#N)cc1Cl. The van der Waals surface area contributed by atoms with E-state index in [4.69, 9.17) is 33.2 Å². The predicted octanol–water partition coefficient (Wildman–Crippen LogP) is 3.97. The minimum atomic E-state index is -0.920. The van der Waals surface area contributed by atoms with Gasteiger partial charge in [-0.1, -0.05) is 50.2 Å². The van der Waals surface area contributed by atoms with Crippen LogP contribution in [0.25, 0.3) is 0 Å². The van der Waals surface area contributed by atoms with E-state index in [9.17, 15) is 14.4 Å². The average Bonchev–Trinajstić information content (AvgIpc) is 2.72. The summed E-state index contributed by atoms with van der Waals surface area (Å²) in [6.45, 7) is 10.7. The summed E-state index contributed by atoms with van der Waals surface area (Å²) in [4.78, 5) is 36.9. The molecule has 0 aliphatic carbocycles. The second-order valence-corrected chi connectivity index (χ2v) is 7.36. The van der Waals surface area contributed by atoms with Crippen LogP contribution in [0.15, 0.2) is 48.3 Å². The van der Waals surface area contributed by atoms with Gasteiger partial charge >= 0.3 is 6.03 Å². The molecule has 0 heterocycles. The number of hydrogen-bond donors (Lipinski definition) is 2. The van der Waals surface area contributed by atoms with E-state index in [1.807, 2.05) is 19.2 Å². The molecule has 1 rings (SSSR count). The van der Waals surface area contributed by atoms with Gasteiger partial charge in [-0.2, -0.15) is 5.26 Å². The summed E-state index contributed by atoms with van der Waals surface area (Å²) in [5.41, 5.74) is 0.298. The van der Waals surface area contributed by atoms with Crippen LogP contribution < -0.4 is 20.3 Å². The van der Waals surface area contributed by atoms with Crippen LogP contribution in [0.3, 0.4) is 0 Å². The number of anilines is 1. The van der Waals surface area contributed by atoms with Crippen molar-refractivity contribution in [3.63, 3.8) is 0 Å². The van der Waals surface area contributed by atoms with Crippen molar-refractivity contribution >= 4 is 46.7 Å². The van der Waals surface area contributed by atoms with Crippen LogP contribution in [0, 0.1) is 17.2 Å². The monoisotopic (exact) mass is 464 g/mol. The van der Waals surface area contributed by atoms with Crippen LogP contribution in [0.2, 0.25) is 10.0 Å². The summed E-state index contributed by atoms with van der Waals surface area (Å²) in [6, 6.07) is 3.52. The first-order valence-electron chi connectivity index (χ1n) is 8.90. The number of nitriles is 1. The van der Waals surface area contributed by atoms with E-state index in [-0.39, 0.29) is 39.1 Å². The van der Waals surface area contributed by atoms with Crippen LogP contribution in [-0.4, -0.2) is 31.9 Å². The maximum Gasteiger partial charge on any atom is 0.328 e. The van der Waals surface area contributed by atoms with Crippen molar-refractivity contribution in [2.45, 2.75) is 13.8 Å². The molecule has 0 aliphatic heterocycles. The van der Waals surface area contributed by atoms with E-state index < -0.39 is 17.5 Å². The second-order valence-electron chi connectivity index (χ2n) is 6.55. The minimum Gasteiger partial charge on any atom is -0.455 e. The lowest BCUT2D eigenvalue weighted by Crippen LogP contribution is -2.41. The van der Waals surface area contributed by atoms with Gasteiger partial charge in [0.1, 0.15) is 17.4 Å². The van der Waals surface area contributed by atoms with Gasteiger partial charge in [-0.15, -0.1) is 0 Å². The van der Waals surface area contributed by atoms with Gasteiger partial charge in [0.25, 0.3) is 5.91 Å². The Labute approximate surface area is 190 Å². The number of rotatable bonds is 7. The number of urea groups is 1. The molecule has 0 bridgehead atoms. The fourth-order valence-corrected chi connectivity index (χ4v) is 2.79. The predicted molar refractivity (Wildman–Crippen MR) is 120 cm³/mol. The number of nitrogens with zero attached hydrogens (tertiary/aromatic N) is 2. The quantitative estimate of drug-likeness (QED) is 0.274. The van der Waals surface area contributed by atoms with Crippen molar-refractivity contribution in [3.8, 4) is 11.8 Å². The number of likely N-dealkylation sites (N-methyl/N-ethyl adjacent to an activating group) is 1. The average molecular weight is 465 g/mol. The zero-order valence-corrected chi connectivity index (χ0v) is 19.0. The van der Waals surface area contributed by atoms with Crippen LogP contribution in [0.5, 0.6) is 5.75 Å². The maximum absolute atomic E-state index is 12.2. The summed E-state index contributed by atoms with van der Waals surface area (Å²) in [6.07, 6.45) is 1.48. The summed E-state index contributed by atoms with van der Waals surface area (Å²) < 4.78 is 5.62. The minimum absolute atomic E-state index is 0.0653. The highest BCUT2D eigenvalue weighted by Crippen LogP contribution is 2.38. The number of hydrogen-bond acceptors (Lipinski definition) is 5. The fraction of sp³-hybridized carbons (Fsp3) is 0.238. The summed E-state index contributed by atoms with van der Waals surface area (Å²) >= 11 is 12.5. The molecule has 0 unspecified atom stereocenters. The third-order valence-corrected chi connectivity index (χ3v) is 4.53. The molecule has 0 saturated carbocycles. The van der Waals surface area contributed by atoms with Crippen LogP contribution in [0.4, 0.5) is 10.5 Å². The molecule has 0 aliphatic rings. The molecular weight excluding hydrogens is 443 g/mol. The van der Waals surface area contributed by atoms with Crippen molar-refractivity contribution in [2.24, 2.45) is 5.92 Å². The molecular formula is C21H22Cl2N4O4. The standard InChI is InChI=1S/C21H22Cl2N4O4/c1-11(2)15(20(29)25-5)7-13(4)31-18-16(22)8-14(9-17(18)23)27(6)21(30)26-19(28)12(3)10-24/h7-9,11H,3-4H2,1-2,5-6H3,(H,25,29)(H,26,28,30)/b15-7-. The third kappa shape index (κ3) is 6.88. The molecule has 164 valence electrons. The Morgan fingerprint density at radius 1 is 1.19 bits per heavy atom. The Balaban J connectivity index is 3.09. The topological polar surface area (TPSA) is 112 Å².